The van der Waals surface area contributed by atoms with Crippen molar-refractivity contribution in [3.8, 4) is 5.75 Å². The highest BCUT2D eigenvalue weighted by Gasteiger charge is 2.11. The van der Waals surface area contributed by atoms with Gasteiger partial charge in [-0.2, -0.15) is 0 Å². The van der Waals surface area contributed by atoms with E-state index in [1.165, 1.54) is 0 Å². The fourth-order valence-corrected chi connectivity index (χ4v) is 2.03. The number of carbonyl (C=O) groups is 1. The van der Waals surface area contributed by atoms with E-state index < -0.39 is 0 Å². The molecule has 0 aliphatic carbocycles. The Morgan fingerprint density at radius 1 is 1.29 bits per heavy atom. The normalized spacial score (nSPS) is 10.2. The maximum absolute atomic E-state index is 12.3. The highest BCUT2D eigenvalue weighted by Crippen LogP contribution is 2.28. The van der Waals surface area contributed by atoms with E-state index in [0.717, 1.165) is 6.42 Å². The van der Waals surface area contributed by atoms with Crippen LogP contribution in [-0.4, -0.2) is 12.5 Å². The third-order valence-electron chi connectivity index (χ3n) is 2.85. The van der Waals surface area contributed by atoms with Crippen molar-refractivity contribution in [1.29, 1.82) is 0 Å². The average Bonchev–Trinajstić information content (AvgIpc) is 2.49. The van der Waals surface area contributed by atoms with Crippen LogP contribution >= 0.6 is 11.6 Å². The lowest BCUT2D eigenvalue weighted by atomic mass is 10.2. The number of carbonyl (C=O) groups excluding carboxylic acids is 1. The smallest absolute Gasteiger partial charge is 0.255 e. The molecule has 0 atom stereocenters. The molecule has 0 bridgehead atoms. The molecular weight excluding hydrogens is 288 g/mol. The Balaban J connectivity index is 2.17. The molecule has 1 amide bonds. The van der Waals surface area contributed by atoms with E-state index in [1.807, 2.05) is 13.0 Å². The van der Waals surface area contributed by atoms with Crippen LogP contribution in [0.25, 0.3) is 0 Å². The van der Waals surface area contributed by atoms with Gasteiger partial charge in [-0.05, 0) is 36.8 Å². The van der Waals surface area contributed by atoms with Gasteiger partial charge in [0.05, 0.1) is 23.0 Å². The van der Waals surface area contributed by atoms with Crippen LogP contribution in [0.1, 0.15) is 23.7 Å². The van der Waals surface area contributed by atoms with Crippen molar-refractivity contribution in [2.45, 2.75) is 13.3 Å². The predicted molar refractivity (Wildman–Crippen MR) is 86.0 cm³/mol. The number of benzene rings is 2. The first-order valence-electron chi connectivity index (χ1n) is 6.70. The van der Waals surface area contributed by atoms with Gasteiger partial charge in [0, 0.05) is 5.56 Å². The Labute approximate surface area is 128 Å². The summed E-state index contributed by atoms with van der Waals surface area (Å²) in [5, 5.41) is 3.13. The quantitative estimate of drug-likeness (QED) is 0.822. The number of halogens is 1. The molecule has 2 aromatic carbocycles. The molecule has 0 aliphatic heterocycles. The molecule has 21 heavy (non-hydrogen) atoms. The summed E-state index contributed by atoms with van der Waals surface area (Å²) in [6.45, 7) is 2.64. The summed E-state index contributed by atoms with van der Waals surface area (Å²) in [5.74, 6) is 0.383. The van der Waals surface area contributed by atoms with Gasteiger partial charge in [0.15, 0.2) is 0 Å². The van der Waals surface area contributed by atoms with Gasteiger partial charge in [-0.25, -0.2) is 0 Å². The summed E-state index contributed by atoms with van der Waals surface area (Å²) in [7, 11) is 0. The largest absolute Gasteiger partial charge is 0.494 e. The Morgan fingerprint density at radius 2 is 2.05 bits per heavy atom. The first-order valence-corrected chi connectivity index (χ1v) is 7.08. The Morgan fingerprint density at radius 3 is 2.76 bits per heavy atom. The molecule has 4 nitrogen and oxygen atoms in total. The van der Waals surface area contributed by atoms with Crippen molar-refractivity contribution >= 4 is 28.9 Å². The minimum Gasteiger partial charge on any atom is -0.494 e. The molecule has 2 aromatic rings. The van der Waals surface area contributed by atoms with Gasteiger partial charge in [-0.3, -0.25) is 4.79 Å². The van der Waals surface area contributed by atoms with Gasteiger partial charge >= 0.3 is 0 Å². The molecule has 0 fully saturated rings. The number of amides is 1. The van der Waals surface area contributed by atoms with Gasteiger partial charge in [-0.1, -0.05) is 30.7 Å². The number of anilines is 2. The monoisotopic (exact) mass is 304 g/mol. The molecule has 110 valence electrons. The molecule has 0 radical (unpaired) electrons. The Bertz CT molecular complexity index is 624. The third-order valence-corrected chi connectivity index (χ3v) is 3.17. The van der Waals surface area contributed by atoms with E-state index in [1.54, 1.807) is 36.4 Å². The zero-order valence-electron chi connectivity index (χ0n) is 11.7. The Hall–Kier alpha value is -2.20. The fraction of sp³-hybridized carbons (Fsp3) is 0.188. The number of para-hydroxylation sites is 1. The number of hydrogen-bond acceptors (Lipinski definition) is 3. The van der Waals surface area contributed by atoms with E-state index >= 15 is 0 Å². The van der Waals surface area contributed by atoms with Crippen molar-refractivity contribution in [3.63, 3.8) is 0 Å². The summed E-state index contributed by atoms with van der Waals surface area (Å²) in [6.07, 6.45) is 0.909. The highest BCUT2D eigenvalue weighted by molar-refractivity contribution is 6.34. The zero-order valence-corrected chi connectivity index (χ0v) is 12.5. The van der Waals surface area contributed by atoms with Crippen molar-refractivity contribution < 1.29 is 9.53 Å². The molecule has 0 aliphatic rings. The lowest BCUT2D eigenvalue weighted by Gasteiger charge is -2.11. The van der Waals surface area contributed by atoms with Crippen LogP contribution in [0.4, 0.5) is 11.4 Å². The summed E-state index contributed by atoms with van der Waals surface area (Å²) in [6, 6.07) is 12.1. The molecule has 3 N–H and O–H groups in total. The van der Waals surface area contributed by atoms with Crippen LogP contribution < -0.4 is 15.8 Å². The highest BCUT2D eigenvalue weighted by atomic mass is 35.5. The summed E-state index contributed by atoms with van der Waals surface area (Å²) < 4.78 is 5.51. The van der Waals surface area contributed by atoms with Crippen LogP contribution in [0.15, 0.2) is 42.5 Å². The summed E-state index contributed by atoms with van der Waals surface area (Å²) >= 11 is 6.04. The molecule has 0 aromatic heterocycles. The molecular formula is C16H17ClN2O2. The van der Waals surface area contributed by atoms with Crippen LogP contribution in [-0.2, 0) is 0 Å². The molecule has 0 saturated heterocycles. The topological polar surface area (TPSA) is 64.3 Å². The van der Waals surface area contributed by atoms with Crippen LogP contribution in [0.2, 0.25) is 5.02 Å². The lowest BCUT2D eigenvalue weighted by molar-refractivity contribution is 0.102. The van der Waals surface area contributed by atoms with Gasteiger partial charge in [0.1, 0.15) is 5.75 Å². The SMILES string of the molecule is CCCOc1cccc(C(=O)Nc2c(N)cccc2Cl)c1. The van der Waals surface area contributed by atoms with E-state index in [2.05, 4.69) is 5.32 Å². The number of rotatable bonds is 5. The number of nitrogens with one attached hydrogen (secondary N) is 1. The van der Waals surface area contributed by atoms with E-state index in [4.69, 9.17) is 22.1 Å². The number of hydrogen-bond donors (Lipinski definition) is 2. The first kappa shape index (κ1) is 15.2. The standard InChI is InChI=1S/C16H17ClN2O2/c1-2-9-21-12-6-3-5-11(10-12)16(20)19-15-13(17)7-4-8-14(15)18/h3-8,10H,2,9,18H2,1H3,(H,19,20). The molecule has 0 saturated carbocycles. The fourth-order valence-electron chi connectivity index (χ4n) is 1.81. The van der Waals surface area contributed by atoms with E-state index in [9.17, 15) is 4.79 Å². The lowest BCUT2D eigenvalue weighted by Crippen LogP contribution is -2.13. The van der Waals surface area contributed by atoms with Gasteiger partial charge < -0.3 is 15.8 Å². The summed E-state index contributed by atoms with van der Waals surface area (Å²) in [5.41, 5.74) is 7.15. The molecule has 0 spiro atoms. The Kier molecular flexibility index (Phi) is 5.06. The van der Waals surface area contributed by atoms with Gasteiger partial charge in [-0.15, -0.1) is 0 Å². The maximum Gasteiger partial charge on any atom is 0.255 e. The second kappa shape index (κ2) is 6.99. The number of nitrogen functional groups attached to an aromatic ring is 1. The minimum atomic E-state index is -0.281. The number of ether oxygens (including phenoxy) is 1. The van der Waals surface area contributed by atoms with Crippen LogP contribution in [0.3, 0.4) is 0 Å². The summed E-state index contributed by atoms with van der Waals surface area (Å²) in [4.78, 5) is 12.3. The minimum absolute atomic E-state index is 0.281. The van der Waals surface area contributed by atoms with Gasteiger partial charge in [0.25, 0.3) is 5.91 Å². The van der Waals surface area contributed by atoms with E-state index in [-0.39, 0.29) is 5.91 Å². The molecule has 0 heterocycles. The maximum atomic E-state index is 12.3. The third kappa shape index (κ3) is 3.89. The van der Waals surface area contributed by atoms with Gasteiger partial charge in [0.2, 0.25) is 0 Å². The second-order valence-corrected chi connectivity index (χ2v) is 4.94. The van der Waals surface area contributed by atoms with Crippen LogP contribution in [0, 0.1) is 0 Å². The van der Waals surface area contributed by atoms with Crippen molar-refractivity contribution in [1.82, 2.24) is 0 Å². The average molecular weight is 305 g/mol. The molecule has 0 unspecified atom stereocenters. The predicted octanol–water partition coefficient (Wildman–Crippen LogP) is 3.96. The second-order valence-electron chi connectivity index (χ2n) is 4.53. The first-order chi connectivity index (χ1) is 10.1. The molecule has 5 heteroatoms. The van der Waals surface area contributed by atoms with E-state index in [0.29, 0.717) is 34.3 Å². The van der Waals surface area contributed by atoms with Crippen LogP contribution in [0.5, 0.6) is 5.75 Å². The van der Waals surface area contributed by atoms with Crippen molar-refractivity contribution in [2.75, 3.05) is 17.7 Å². The molecule has 2 rings (SSSR count). The zero-order chi connectivity index (χ0) is 15.2. The van der Waals surface area contributed by atoms with Crippen molar-refractivity contribution in [3.05, 3.63) is 53.1 Å². The number of nitrogens with two attached hydrogens (primary N) is 1. The van der Waals surface area contributed by atoms with Crippen molar-refractivity contribution in [2.24, 2.45) is 0 Å².